The smallest absolute Gasteiger partial charge is 0.253 e. The Hall–Kier alpha value is -3.22. The van der Waals surface area contributed by atoms with Crippen LogP contribution >= 0.6 is 0 Å². The van der Waals surface area contributed by atoms with Gasteiger partial charge in [-0.3, -0.25) is 14.4 Å². The number of nitrogens with zero attached hydrogens (tertiary/aromatic N) is 1. The second kappa shape index (κ2) is 8.65. The molecule has 2 N–H and O–H groups in total. The molecule has 0 saturated carbocycles. The molecule has 0 atom stereocenters. The van der Waals surface area contributed by atoms with Crippen molar-refractivity contribution in [1.29, 1.82) is 0 Å². The minimum absolute atomic E-state index is 0.0925. The van der Waals surface area contributed by atoms with Crippen LogP contribution in [0, 0.1) is 11.7 Å². The van der Waals surface area contributed by atoms with Crippen LogP contribution in [0.2, 0.25) is 0 Å². The first-order valence-electron chi connectivity index (χ1n) is 9.16. The van der Waals surface area contributed by atoms with Gasteiger partial charge >= 0.3 is 0 Å². The molecule has 1 aliphatic rings. The van der Waals surface area contributed by atoms with Crippen molar-refractivity contribution in [3.05, 3.63) is 59.9 Å². The number of hydrogen-bond donors (Lipinski definition) is 2. The highest BCUT2D eigenvalue weighted by molar-refractivity contribution is 5.95. The standard InChI is InChI=1S/C21H22FN3O3/c1-14(26)23-18-5-7-19(8-6-18)24-20(27)15-9-11-25(12-10-15)21(28)16-3-2-4-17(22)13-16/h2-8,13,15H,9-12H2,1H3,(H,23,26)(H,24,27). The number of benzene rings is 2. The summed E-state index contributed by atoms with van der Waals surface area (Å²) in [4.78, 5) is 37.6. The summed E-state index contributed by atoms with van der Waals surface area (Å²) < 4.78 is 13.3. The van der Waals surface area contributed by atoms with E-state index in [4.69, 9.17) is 0 Å². The summed E-state index contributed by atoms with van der Waals surface area (Å²) in [7, 11) is 0. The number of piperidine rings is 1. The second-order valence-electron chi connectivity index (χ2n) is 6.82. The van der Waals surface area contributed by atoms with E-state index in [-0.39, 0.29) is 23.6 Å². The number of anilines is 2. The lowest BCUT2D eigenvalue weighted by molar-refractivity contribution is -0.121. The van der Waals surface area contributed by atoms with Gasteiger partial charge in [-0.1, -0.05) is 6.07 Å². The van der Waals surface area contributed by atoms with Crippen molar-refractivity contribution in [2.75, 3.05) is 23.7 Å². The predicted octanol–water partition coefficient (Wildman–Crippen LogP) is 3.28. The van der Waals surface area contributed by atoms with Crippen LogP contribution in [0.25, 0.3) is 0 Å². The third-order valence-corrected chi connectivity index (χ3v) is 4.70. The number of hydrogen-bond acceptors (Lipinski definition) is 3. The summed E-state index contributed by atoms with van der Waals surface area (Å²) in [5.41, 5.74) is 1.63. The first kappa shape index (κ1) is 19.5. The largest absolute Gasteiger partial charge is 0.339 e. The second-order valence-corrected chi connectivity index (χ2v) is 6.82. The number of likely N-dealkylation sites (tertiary alicyclic amines) is 1. The monoisotopic (exact) mass is 383 g/mol. The Balaban J connectivity index is 1.52. The maximum absolute atomic E-state index is 13.3. The highest BCUT2D eigenvalue weighted by Gasteiger charge is 2.28. The van der Waals surface area contributed by atoms with Crippen molar-refractivity contribution >= 4 is 29.1 Å². The quantitative estimate of drug-likeness (QED) is 0.851. The van der Waals surface area contributed by atoms with E-state index < -0.39 is 5.82 Å². The van der Waals surface area contributed by atoms with E-state index >= 15 is 0 Å². The Morgan fingerprint density at radius 1 is 0.964 bits per heavy atom. The number of nitrogens with one attached hydrogen (secondary N) is 2. The van der Waals surface area contributed by atoms with Gasteiger partial charge in [0.1, 0.15) is 5.82 Å². The molecule has 6 nitrogen and oxygen atoms in total. The molecule has 0 bridgehead atoms. The lowest BCUT2D eigenvalue weighted by Gasteiger charge is -2.31. The number of carbonyl (C=O) groups is 3. The molecule has 1 heterocycles. The van der Waals surface area contributed by atoms with E-state index in [9.17, 15) is 18.8 Å². The SMILES string of the molecule is CC(=O)Nc1ccc(NC(=O)C2CCN(C(=O)c3cccc(F)c3)CC2)cc1. The van der Waals surface area contributed by atoms with Crippen LogP contribution in [0.1, 0.15) is 30.1 Å². The topological polar surface area (TPSA) is 78.5 Å². The summed E-state index contributed by atoms with van der Waals surface area (Å²) in [6, 6.07) is 12.5. The van der Waals surface area contributed by atoms with Gasteiger partial charge in [-0.2, -0.15) is 0 Å². The number of rotatable bonds is 4. The van der Waals surface area contributed by atoms with Crippen molar-refractivity contribution in [3.8, 4) is 0 Å². The fourth-order valence-corrected chi connectivity index (χ4v) is 3.23. The van der Waals surface area contributed by atoms with Crippen LogP contribution < -0.4 is 10.6 Å². The van der Waals surface area contributed by atoms with Crippen LogP contribution in [0.4, 0.5) is 15.8 Å². The molecule has 0 aromatic heterocycles. The Morgan fingerprint density at radius 3 is 2.14 bits per heavy atom. The maximum Gasteiger partial charge on any atom is 0.253 e. The van der Waals surface area contributed by atoms with Crippen molar-refractivity contribution < 1.29 is 18.8 Å². The number of halogens is 1. The van der Waals surface area contributed by atoms with Crippen LogP contribution in [-0.4, -0.2) is 35.7 Å². The molecule has 146 valence electrons. The lowest BCUT2D eigenvalue weighted by Crippen LogP contribution is -2.41. The molecule has 1 fully saturated rings. The summed E-state index contributed by atoms with van der Waals surface area (Å²) in [5, 5.41) is 5.54. The molecule has 7 heteroatoms. The Morgan fingerprint density at radius 2 is 1.57 bits per heavy atom. The van der Waals surface area contributed by atoms with Gasteiger partial charge in [0.25, 0.3) is 5.91 Å². The van der Waals surface area contributed by atoms with Crippen LogP contribution in [0.5, 0.6) is 0 Å². The zero-order valence-corrected chi connectivity index (χ0v) is 15.6. The Kier molecular flexibility index (Phi) is 6.03. The third-order valence-electron chi connectivity index (χ3n) is 4.70. The molecule has 0 radical (unpaired) electrons. The third kappa shape index (κ3) is 4.94. The molecule has 3 rings (SSSR count). The molecular weight excluding hydrogens is 361 g/mol. The summed E-state index contributed by atoms with van der Waals surface area (Å²) >= 11 is 0. The predicted molar refractivity (Wildman–Crippen MR) is 104 cm³/mol. The average Bonchev–Trinajstić information content (AvgIpc) is 2.68. The van der Waals surface area contributed by atoms with Gasteiger partial charge in [0.05, 0.1) is 0 Å². The molecular formula is C21H22FN3O3. The molecule has 2 aromatic carbocycles. The van der Waals surface area contributed by atoms with E-state index in [1.54, 1.807) is 35.2 Å². The normalized spacial score (nSPS) is 14.4. The molecule has 0 spiro atoms. The minimum Gasteiger partial charge on any atom is -0.339 e. The fraction of sp³-hybridized carbons (Fsp3) is 0.286. The zero-order valence-electron chi connectivity index (χ0n) is 15.6. The van der Waals surface area contributed by atoms with Crippen molar-refractivity contribution in [3.63, 3.8) is 0 Å². The van der Waals surface area contributed by atoms with Crippen LogP contribution in [0.15, 0.2) is 48.5 Å². The molecule has 1 saturated heterocycles. The highest BCUT2D eigenvalue weighted by Crippen LogP contribution is 2.22. The van der Waals surface area contributed by atoms with E-state index in [1.807, 2.05) is 0 Å². The number of amides is 3. The lowest BCUT2D eigenvalue weighted by atomic mass is 9.95. The van der Waals surface area contributed by atoms with Gasteiger partial charge in [0.15, 0.2) is 0 Å². The summed E-state index contributed by atoms with van der Waals surface area (Å²) in [6.45, 7) is 2.34. The van der Waals surface area contributed by atoms with Crippen LogP contribution in [0.3, 0.4) is 0 Å². The zero-order chi connectivity index (χ0) is 20.1. The van der Waals surface area contributed by atoms with Gasteiger partial charge in [0, 0.05) is 42.9 Å². The Bertz CT molecular complexity index is 875. The summed E-state index contributed by atoms with van der Waals surface area (Å²) in [5.74, 6) is -1.09. The molecule has 3 amide bonds. The van der Waals surface area contributed by atoms with Crippen molar-refractivity contribution in [2.45, 2.75) is 19.8 Å². The molecule has 28 heavy (non-hydrogen) atoms. The fourth-order valence-electron chi connectivity index (χ4n) is 3.23. The molecule has 0 unspecified atom stereocenters. The van der Waals surface area contributed by atoms with E-state index in [0.29, 0.717) is 42.9 Å². The highest BCUT2D eigenvalue weighted by atomic mass is 19.1. The minimum atomic E-state index is -0.440. The average molecular weight is 383 g/mol. The molecule has 1 aliphatic heterocycles. The summed E-state index contributed by atoms with van der Waals surface area (Å²) in [6.07, 6.45) is 1.10. The first-order valence-corrected chi connectivity index (χ1v) is 9.16. The molecule has 0 aliphatic carbocycles. The van der Waals surface area contributed by atoms with Crippen molar-refractivity contribution in [2.24, 2.45) is 5.92 Å². The van der Waals surface area contributed by atoms with E-state index in [1.165, 1.54) is 25.1 Å². The maximum atomic E-state index is 13.3. The van der Waals surface area contributed by atoms with Crippen molar-refractivity contribution in [1.82, 2.24) is 4.90 Å². The van der Waals surface area contributed by atoms with Gasteiger partial charge in [-0.25, -0.2) is 4.39 Å². The first-order chi connectivity index (χ1) is 13.4. The molecule has 2 aromatic rings. The van der Waals surface area contributed by atoms with Gasteiger partial charge < -0.3 is 15.5 Å². The van der Waals surface area contributed by atoms with E-state index in [0.717, 1.165) is 0 Å². The Labute approximate surface area is 162 Å². The van der Waals surface area contributed by atoms with Crippen LogP contribution in [-0.2, 0) is 9.59 Å². The van der Waals surface area contributed by atoms with E-state index in [2.05, 4.69) is 10.6 Å². The number of carbonyl (C=O) groups excluding carboxylic acids is 3. The van der Waals surface area contributed by atoms with Gasteiger partial charge in [0.2, 0.25) is 11.8 Å². The van der Waals surface area contributed by atoms with Gasteiger partial charge in [-0.15, -0.1) is 0 Å². The van der Waals surface area contributed by atoms with Gasteiger partial charge in [-0.05, 0) is 55.3 Å².